The first-order valence-corrected chi connectivity index (χ1v) is 10.1. The summed E-state index contributed by atoms with van der Waals surface area (Å²) in [5.74, 6) is 0.667. The van der Waals surface area contributed by atoms with Crippen LogP contribution in [-0.4, -0.2) is 36.8 Å². The van der Waals surface area contributed by atoms with Gasteiger partial charge in [-0.05, 0) is 54.0 Å². The molecule has 6 nitrogen and oxygen atoms in total. The maximum Gasteiger partial charge on any atom is 0.180 e. The fourth-order valence-electron chi connectivity index (χ4n) is 2.73. The SMILES string of the molecule is CCCCNC(=C\C(=O)/C=C/c1ccc(O)c(OC)c1)/C=C/c1ccc(O)c(OC)c1. The Morgan fingerprint density at radius 3 is 2.00 bits per heavy atom. The highest BCUT2D eigenvalue weighted by Crippen LogP contribution is 2.27. The smallest absolute Gasteiger partial charge is 0.180 e. The Bertz CT molecular complexity index is 976. The molecule has 0 bridgehead atoms. The highest BCUT2D eigenvalue weighted by atomic mass is 16.5. The average Bonchev–Trinajstić information content (AvgIpc) is 2.77. The minimum Gasteiger partial charge on any atom is -0.504 e. The van der Waals surface area contributed by atoms with E-state index >= 15 is 0 Å². The summed E-state index contributed by atoms with van der Waals surface area (Å²) in [5, 5.41) is 22.7. The summed E-state index contributed by atoms with van der Waals surface area (Å²) in [5.41, 5.74) is 2.25. The Morgan fingerprint density at radius 2 is 1.48 bits per heavy atom. The second-order valence-corrected chi connectivity index (χ2v) is 6.81. The van der Waals surface area contributed by atoms with Gasteiger partial charge < -0.3 is 25.0 Å². The topological polar surface area (TPSA) is 88.0 Å². The number of hydrogen-bond acceptors (Lipinski definition) is 6. The van der Waals surface area contributed by atoms with Crippen LogP contribution in [0.3, 0.4) is 0 Å². The van der Waals surface area contributed by atoms with E-state index in [4.69, 9.17) is 9.47 Å². The van der Waals surface area contributed by atoms with Gasteiger partial charge in [-0.25, -0.2) is 0 Å². The first-order chi connectivity index (χ1) is 15.0. The molecule has 31 heavy (non-hydrogen) atoms. The number of rotatable bonds is 11. The third-order valence-corrected chi connectivity index (χ3v) is 4.46. The van der Waals surface area contributed by atoms with Crippen molar-refractivity contribution in [3.63, 3.8) is 0 Å². The molecule has 2 aromatic rings. The summed E-state index contributed by atoms with van der Waals surface area (Å²) in [7, 11) is 2.97. The van der Waals surface area contributed by atoms with Gasteiger partial charge in [0.2, 0.25) is 0 Å². The Morgan fingerprint density at radius 1 is 0.935 bits per heavy atom. The van der Waals surface area contributed by atoms with E-state index in [0.29, 0.717) is 17.2 Å². The number of unbranched alkanes of at least 4 members (excludes halogenated alkanes) is 1. The quantitative estimate of drug-likeness (QED) is 0.276. The third kappa shape index (κ3) is 7.59. The number of carbonyl (C=O) groups excluding carboxylic acids is 1. The monoisotopic (exact) mass is 423 g/mol. The molecule has 164 valence electrons. The number of phenolic OH excluding ortho intramolecular Hbond substituents is 2. The Hall–Kier alpha value is -3.67. The fourth-order valence-corrected chi connectivity index (χ4v) is 2.73. The van der Waals surface area contributed by atoms with Crippen LogP contribution in [0, 0.1) is 0 Å². The molecular formula is C25H29NO5. The Labute approximate surface area is 183 Å². The van der Waals surface area contributed by atoms with Gasteiger partial charge in [-0.15, -0.1) is 0 Å². The predicted molar refractivity (Wildman–Crippen MR) is 123 cm³/mol. The van der Waals surface area contributed by atoms with Crippen molar-refractivity contribution in [2.75, 3.05) is 20.8 Å². The maximum absolute atomic E-state index is 12.5. The Kier molecular flexibility index (Phi) is 9.23. The number of hydrogen-bond donors (Lipinski definition) is 3. The molecule has 0 saturated carbocycles. The molecule has 2 aromatic carbocycles. The van der Waals surface area contributed by atoms with Gasteiger partial charge in [0.25, 0.3) is 0 Å². The summed E-state index contributed by atoms with van der Waals surface area (Å²) in [6, 6.07) is 9.91. The largest absolute Gasteiger partial charge is 0.504 e. The summed E-state index contributed by atoms with van der Waals surface area (Å²) < 4.78 is 10.2. The first-order valence-electron chi connectivity index (χ1n) is 10.1. The Balaban J connectivity index is 2.18. The standard InChI is InChI=1S/C25H29NO5/c1-4-5-14-26-20(10-6-18-8-12-22(28)24(15-18)30-2)17-21(27)11-7-19-9-13-23(29)25(16-19)31-3/h6-13,15-17,26,28-29H,4-5,14H2,1-3H3/b10-6+,11-7+,20-17-. The van der Waals surface area contributed by atoms with Crippen molar-refractivity contribution in [1.29, 1.82) is 0 Å². The van der Waals surface area contributed by atoms with Crippen LogP contribution in [0.1, 0.15) is 30.9 Å². The predicted octanol–water partition coefficient (Wildman–Crippen LogP) is 4.68. The minimum absolute atomic E-state index is 0.0456. The molecule has 0 atom stereocenters. The summed E-state index contributed by atoms with van der Waals surface area (Å²) in [6.45, 7) is 2.85. The number of carbonyl (C=O) groups is 1. The third-order valence-electron chi connectivity index (χ3n) is 4.46. The van der Waals surface area contributed by atoms with E-state index in [2.05, 4.69) is 12.2 Å². The lowest BCUT2D eigenvalue weighted by Crippen LogP contribution is -2.14. The van der Waals surface area contributed by atoms with Gasteiger partial charge in [0.1, 0.15) is 0 Å². The number of ether oxygens (including phenoxy) is 2. The molecule has 0 unspecified atom stereocenters. The number of aromatic hydroxyl groups is 2. The normalized spacial score (nSPS) is 11.8. The van der Waals surface area contributed by atoms with Crippen molar-refractivity contribution in [2.45, 2.75) is 19.8 Å². The highest BCUT2D eigenvalue weighted by Gasteiger charge is 2.03. The van der Waals surface area contributed by atoms with E-state index in [9.17, 15) is 15.0 Å². The van der Waals surface area contributed by atoms with Crippen LogP contribution in [-0.2, 0) is 4.79 Å². The van der Waals surface area contributed by atoms with Crippen LogP contribution in [0.2, 0.25) is 0 Å². The summed E-state index contributed by atoms with van der Waals surface area (Å²) >= 11 is 0. The number of phenols is 2. The molecule has 0 aliphatic rings. The van der Waals surface area contributed by atoms with Gasteiger partial charge in [-0.2, -0.15) is 0 Å². The van der Waals surface area contributed by atoms with Gasteiger partial charge in [-0.1, -0.05) is 37.6 Å². The van der Waals surface area contributed by atoms with E-state index in [0.717, 1.165) is 30.5 Å². The van der Waals surface area contributed by atoms with Gasteiger partial charge in [0.05, 0.1) is 14.2 Å². The van der Waals surface area contributed by atoms with E-state index < -0.39 is 0 Å². The molecule has 0 aliphatic carbocycles. The zero-order chi connectivity index (χ0) is 22.6. The van der Waals surface area contributed by atoms with E-state index in [1.807, 2.05) is 12.2 Å². The van der Waals surface area contributed by atoms with Crippen LogP contribution in [0.25, 0.3) is 12.2 Å². The molecule has 0 saturated heterocycles. The molecular weight excluding hydrogens is 394 g/mol. The second kappa shape index (κ2) is 12.1. The molecule has 0 fully saturated rings. The molecule has 0 spiro atoms. The fraction of sp³-hybridized carbons (Fsp3) is 0.240. The van der Waals surface area contributed by atoms with Crippen LogP contribution < -0.4 is 14.8 Å². The number of benzene rings is 2. The summed E-state index contributed by atoms with van der Waals surface area (Å²) in [4.78, 5) is 12.5. The first kappa shape index (κ1) is 23.6. The molecule has 0 aliphatic heterocycles. The van der Waals surface area contributed by atoms with Gasteiger partial charge in [-0.3, -0.25) is 4.79 Å². The second-order valence-electron chi connectivity index (χ2n) is 6.81. The molecule has 0 aromatic heterocycles. The summed E-state index contributed by atoms with van der Waals surface area (Å²) in [6.07, 6.45) is 10.3. The molecule has 6 heteroatoms. The molecule has 2 rings (SSSR count). The lowest BCUT2D eigenvalue weighted by molar-refractivity contribution is -0.110. The molecule has 0 amide bonds. The number of nitrogens with one attached hydrogen (secondary N) is 1. The van der Waals surface area contributed by atoms with Crippen molar-refractivity contribution >= 4 is 17.9 Å². The van der Waals surface area contributed by atoms with Crippen molar-refractivity contribution in [3.8, 4) is 23.0 Å². The lowest BCUT2D eigenvalue weighted by atomic mass is 10.1. The number of ketones is 1. The zero-order valence-corrected chi connectivity index (χ0v) is 18.1. The van der Waals surface area contributed by atoms with Crippen molar-refractivity contribution < 1.29 is 24.5 Å². The van der Waals surface area contributed by atoms with E-state index in [1.165, 1.54) is 32.4 Å². The molecule has 3 N–H and O–H groups in total. The van der Waals surface area contributed by atoms with Crippen LogP contribution in [0.15, 0.2) is 60.3 Å². The molecule has 0 heterocycles. The lowest BCUT2D eigenvalue weighted by Gasteiger charge is -2.07. The van der Waals surface area contributed by atoms with E-state index in [1.54, 1.807) is 36.4 Å². The van der Waals surface area contributed by atoms with Crippen LogP contribution >= 0.6 is 0 Å². The highest BCUT2D eigenvalue weighted by molar-refractivity contribution is 6.02. The van der Waals surface area contributed by atoms with Gasteiger partial charge in [0, 0.05) is 18.3 Å². The van der Waals surface area contributed by atoms with Crippen LogP contribution in [0.4, 0.5) is 0 Å². The van der Waals surface area contributed by atoms with Crippen molar-refractivity contribution in [2.24, 2.45) is 0 Å². The van der Waals surface area contributed by atoms with Crippen molar-refractivity contribution in [1.82, 2.24) is 5.32 Å². The number of methoxy groups -OCH3 is 2. The zero-order valence-electron chi connectivity index (χ0n) is 18.1. The maximum atomic E-state index is 12.5. The van der Waals surface area contributed by atoms with Crippen molar-refractivity contribution in [3.05, 3.63) is 71.5 Å². The van der Waals surface area contributed by atoms with Gasteiger partial charge >= 0.3 is 0 Å². The average molecular weight is 424 g/mol. The van der Waals surface area contributed by atoms with Gasteiger partial charge in [0.15, 0.2) is 28.8 Å². The number of allylic oxidation sites excluding steroid dienone is 3. The van der Waals surface area contributed by atoms with Crippen LogP contribution in [0.5, 0.6) is 23.0 Å². The minimum atomic E-state index is -0.182. The molecule has 0 radical (unpaired) electrons. The van der Waals surface area contributed by atoms with E-state index in [-0.39, 0.29) is 17.3 Å².